The van der Waals surface area contributed by atoms with Gasteiger partial charge >= 0.3 is 0 Å². The molecule has 1 atom stereocenters. The molecule has 0 radical (unpaired) electrons. The van der Waals surface area contributed by atoms with Crippen LogP contribution in [0.1, 0.15) is 100 Å². The standard InChI is InChI=1S/C41H58N2O4Si2/c1-26(2)46-25-27-18-19-33-30(22-27)34-31-23-43(48(9,10)40(3,4)5)39(45)37(31)35-29-17-14-13-16-28(29)32(24-44)36(35)38(34)42(33)20-15-21-47-49(11,12)41(6,7)8/h13-14,16-19,22,26,32,44H,15,20-21,23-25H2,1-12H3. The van der Waals surface area contributed by atoms with E-state index in [1.165, 1.54) is 10.8 Å². The number of aliphatic hydroxyl groups is 1. The van der Waals surface area contributed by atoms with E-state index in [2.05, 4.69) is 133 Å². The first-order chi connectivity index (χ1) is 22.8. The highest BCUT2D eigenvalue weighted by Gasteiger charge is 2.50. The van der Waals surface area contributed by atoms with Gasteiger partial charge in [0.05, 0.1) is 30.4 Å². The predicted octanol–water partition coefficient (Wildman–Crippen LogP) is 10.2. The first-order valence-corrected chi connectivity index (χ1v) is 24.1. The molecule has 0 spiro atoms. The molecule has 0 saturated carbocycles. The lowest BCUT2D eigenvalue weighted by molar-refractivity contribution is 0.0658. The van der Waals surface area contributed by atoms with Crippen LogP contribution in [0.5, 0.6) is 0 Å². The minimum atomic E-state index is -2.23. The van der Waals surface area contributed by atoms with E-state index in [-0.39, 0.29) is 34.6 Å². The summed E-state index contributed by atoms with van der Waals surface area (Å²) in [6.07, 6.45) is 1.01. The molecular formula is C41H58N2O4Si2. The van der Waals surface area contributed by atoms with Crippen molar-refractivity contribution in [2.75, 3.05) is 13.2 Å². The van der Waals surface area contributed by atoms with Gasteiger partial charge in [0, 0.05) is 47.5 Å². The number of amides is 1. The monoisotopic (exact) mass is 698 g/mol. The number of carbonyl (C=O) groups is 1. The number of carbonyl (C=O) groups excluding carboxylic acids is 1. The van der Waals surface area contributed by atoms with E-state index in [4.69, 9.17) is 9.16 Å². The molecule has 49 heavy (non-hydrogen) atoms. The van der Waals surface area contributed by atoms with Crippen molar-refractivity contribution in [2.24, 2.45) is 0 Å². The lowest BCUT2D eigenvalue weighted by Gasteiger charge is -2.43. The van der Waals surface area contributed by atoms with Gasteiger partial charge in [-0.25, -0.2) is 0 Å². The van der Waals surface area contributed by atoms with Crippen molar-refractivity contribution in [3.63, 3.8) is 0 Å². The van der Waals surface area contributed by atoms with Gasteiger partial charge in [-0.3, -0.25) is 4.79 Å². The number of hydrogen-bond acceptors (Lipinski definition) is 4. The zero-order chi connectivity index (χ0) is 35.8. The second-order valence-electron chi connectivity index (χ2n) is 17.7. The number of aromatic nitrogens is 1. The molecule has 1 N–H and O–H groups in total. The number of aryl methyl sites for hydroxylation is 1. The number of benzene rings is 3. The molecule has 1 unspecified atom stereocenters. The van der Waals surface area contributed by atoms with E-state index in [0.29, 0.717) is 19.8 Å². The fourth-order valence-corrected chi connectivity index (χ4v) is 10.5. The van der Waals surface area contributed by atoms with Crippen LogP contribution >= 0.6 is 0 Å². The van der Waals surface area contributed by atoms with E-state index in [1.807, 2.05) is 0 Å². The largest absolute Gasteiger partial charge is 0.417 e. The second-order valence-corrected chi connectivity index (χ2v) is 27.7. The summed E-state index contributed by atoms with van der Waals surface area (Å²) in [7, 11) is -4.13. The van der Waals surface area contributed by atoms with Crippen molar-refractivity contribution in [1.29, 1.82) is 0 Å². The fourth-order valence-electron chi connectivity index (χ4n) is 7.48. The Bertz CT molecular complexity index is 1930. The van der Waals surface area contributed by atoms with Crippen LogP contribution in [0.3, 0.4) is 0 Å². The van der Waals surface area contributed by atoms with Gasteiger partial charge < -0.3 is 23.4 Å². The number of rotatable bonds is 10. The van der Waals surface area contributed by atoms with Crippen molar-refractivity contribution in [1.82, 2.24) is 9.13 Å². The zero-order valence-corrected chi connectivity index (χ0v) is 34.0. The van der Waals surface area contributed by atoms with Crippen molar-refractivity contribution >= 4 is 44.3 Å². The Hall–Kier alpha value is -2.76. The Labute approximate surface area is 296 Å². The van der Waals surface area contributed by atoms with E-state index < -0.39 is 16.6 Å². The van der Waals surface area contributed by atoms with Crippen LogP contribution in [-0.4, -0.2) is 56.0 Å². The number of nitrogens with zero attached hydrogens (tertiary/aromatic N) is 2. The molecule has 6 nitrogen and oxygen atoms in total. The third-order valence-electron chi connectivity index (χ3n) is 12.3. The number of ether oxygens (including phenoxy) is 1. The molecule has 6 rings (SSSR count). The Morgan fingerprint density at radius 1 is 0.959 bits per heavy atom. The highest BCUT2D eigenvalue weighted by atomic mass is 28.4. The third-order valence-corrected chi connectivity index (χ3v) is 22.2. The Kier molecular flexibility index (Phi) is 9.18. The number of hydrogen-bond donors (Lipinski definition) is 1. The number of aliphatic hydroxyl groups excluding tert-OH is 1. The van der Waals surface area contributed by atoms with Crippen molar-refractivity contribution in [3.05, 3.63) is 70.3 Å². The Morgan fingerprint density at radius 3 is 2.29 bits per heavy atom. The summed E-state index contributed by atoms with van der Waals surface area (Å²) in [4.78, 5) is 14.9. The van der Waals surface area contributed by atoms with Gasteiger partial charge in [-0.15, -0.1) is 0 Å². The van der Waals surface area contributed by atoms with Crippen molar-refractivity contribution in [2.45, 2.75) is 130 Å². The van der Waals surface area contributed by atoms with Crippen LogP contribution in [0.25, 0.3) is 32.9 Å². The molecule has 0 saturated heterocycles. The van der Waals surface area contributed by atoms with Crippen molar-refractivity contribution in [3.8, 4) is 11.1 Å². The molecule has 1 aliphatic heterocycles. The summed E-state index contributed by atoms with van der Waals surface area (Å²) < 4.78 is 17.5. The summed E-state index contributed by atoms with van der Waals surface area (Å²) in [5, 5.41) is 13.6. The molecule has 2 aliphatic rings. The summed E-state index contributed by atoms with van der Waals surface area (Å²) in [6, 6.07) is 15.2. The SMILES string of the molecule is CC(C)OCc1ccc2c(c1)c1c3c(c4c(c1n2CCCO[Si](C)(C)C(C)(C)C)C(CO)c1ccccc1-4)C(=O)N([Si](C)(C)C(C)(C)C)C3. The molecule has 2 heterocycles. The topological polar surface area (TPSA) is 63.9 Å². The number of fused-ring (bicyclic) bond motifs is 10. The smallest absolute Gasteiger partial charge is 0.247 e. The lowest BCUT2D eigenvalue weighted by Crippen LogP contribution is -2.54. The maximum atomic E-state index is 14.9. The lowest BCUT2D eigenvalue weighted by atomic mass is 9.89. The van der Waals surface area contributed by atoms with Gasteiger partial charge in [0.25, 0.3) is 0 Å². The van der Waals surface area contributed by atoms with Gasteiger partial charge in [-0.05, 0) is 83.4 Å². The van der Waals surface area contributed by atoms with Gasteiger partial charge in [-0.1, -0.05) is 85.0 Å². The summed E-state index contributed by atoms with van der Waals surface area (Å²) in [6.45, 7) is 29.8. The molecule has 0 bridgehead atoms. The maximum absolute atomic E-state index is 14.9. The van der Waals surface area contributed by atoms with Crippen LogP contribution in [0, 0.1) is 0 Å². The van der Waals surface area contributed by atoms with E-state index in [0.717, 1.165) is 62.9 Å². The van der Waals surface area contributed by atoms with Gasteiger partial charge in [-0.2, -0.15) is 0 Å². The molecule has 1 aromatic heterocycles. The van der Waals surface area contributed by atoms with E-state index >= 15 is 0 Å². The van der Waals surface area contributed by atoms with Crippen LogP contribution < -0.4 is 0 Å². The van der Waals surface area contributed by atoms with Gasteiger partial charge in [0.2, 0.25) is 5.91 Å². The Balaban J connectivity index is 1.63. The molecule has 0 fully saturated rings. The molecule has 3 aromatic carbocycles. The summed E-state index contributed by atoms with van der Waals surface area (Å²) in [5.74, 6) is -0.0555. The first kappa shape index (κ1) is 36.0. The average Bonchev–Trinajstić information content (AvgIpc) is 3.64. The van der Waals surface area contributed by atoms with Crippen molar-refractivity contribution < 1.29 is 19.1 Å². The summed E-state index contributed by atoms with van der Waals surface area (Å²) >= 11 is 0. The average molecular weight is 699 g/mol. The summed E-state index contributed by atoms with van der Waals surface area (Å²) in [5.41, 5.74) is 9.78. The first-order valence-electron chi connectivity index (χ1n) is 18.2. The third kappa shape index (κ3) is 5.85. The predicted molar refractivity (Wildman–Crippen MR) is 209 cm³/mol. The highest BCUT2D eigenvalue weighted by Crippen LogP contribution is 2.55. The molecule has 8 heteroatoms. The molecule has 264 valence electrons. The van der Waals surface area contributed by atoms with Crippen LogP contribution in [-0.2, 0) is 28.9 Å². The minimum absolute atomic E-state index is 0.00195. The fraction of sp³-hybridized carbons (Fsp3) is 0.537. The normalized spacial score (nSPS) is 16.7. The Morgan fingerprint density at radius 2 is 1.65 bits per heavy atom. The maximum Gasteiger partial charge on any atom is 0.247 e. The highest BCUT2D eigenvalue weighted by molar-refractivity contribution is 6.80. The molecule has 4 aromatic rings. The molecular weight excluding hydrogens is 641 g/mol. The van der Waals surface area contributed by atoms with Crippen LogP contribution in [0.4, 0.5) is 0 Å². The van der Waals surface area contributed by atoms with Crippen LogP contribution in [0.2, 0.25) is 36.3 Å². The molecule has 1 aliphatic carbocycles. The second kappa shape index (κ2) is 12.5. The van der Waals surface area contributed by atoms with Crippen LogP contribution in [0.15, 0.2) is 42.5 Å². The quantitative estimate of drug-likeness (QED) is 0.132. The zero-order valence-electron chi connectivity index (χ0n) is 32.0. The molecule has 1 amide bonds. The van der Waals surface area contributed by atoms with Gasteiger partial charge in [0.15, 0.2) is 16.6 Å². The van der Waals surface area contributed by atoms with E-state index in [1.54, 1.807) is 0 Å². The van der Waals surface area contributed by atoms with E-state index in [9.17, 15) is 9.90 Å². The van der Waals surface area contributed by atoms with Gasteiger partial charge in [0.1, 0.15) is 0 Å². The minimum Gasteiger partial charge on any atom is -0.417 e.